The summed E-state index contributed by atoms with van der Waals surface area (Å²) in [7, 11) is 7.39. The molecular weight excluding hydrogens is 1160 g/mol. The number of aliphatic hydroxyl groups excluding tert-OH is 2. The number of hydrogen-bond acceptors (Lipinski definition) is 26. The molecule has 0 radical (unpaired) electrons. The van der Waals surface area contributed by atoms with Gasteiger partial charge in [-0.15, -0.1) is 0 Å². The molecule has 30 nitrogen and oxygen atoms in total. The van der Waals surface area contributed by atoms with Gasteiger partial charge in [0.05, 0.1) is 25.3 Å². The smallest absolute Gasteiger partial charge is 0.340 e. The summed E-state index contributed by atoms with van der Waals surface area (Å²) < 4.78 is 29.0. The molecule has 4 rings (SSSR count). The Morgan fingerprint density at radius 1 is 0.409 bits per heavy atom. The SMILES string of the molecule is C.C.C.C.CC1(C)N=C(CC2=NC(C)(C)C(=O)O2)OC1=O.CC1(C)N=C(CC2=NC(C)(C)C(=O)O2)OC1=O.CCC(=O)C(C)(C)NC(=O)CC(=O)NC(C)(C)C(=O)CC.CN.CN.CO.CO.COC(=O)C(C)(C)NC(=O)CC(=O)NC(C)(C)C(=O)OC. The van der Waals surface area contributed by atoms with Gasteiger partial charge in [-0.25, -0.2) is 48.7 Å². The van der Waals surface area contributed by atoms with Crippen LogP contribution in [0.5, 0.6) is 0 Å². The number of esters is 6. The Morgan fingerprint density at radius 2 is 0.580 bits per heavy atom. The van der Waals surface area contributed by atoms with Gasteiger partial charge in [0.1, 0.15) is 36.8 Å². The van der Waals surface area contributed by atoms with Crippen molar-refractivity contribution in [2.45, 2.75) is 237 Å². The minimum absolute atomic E-state index is 0. The van der Waals surface area contributed by atoms with Crippen LogP contribution in [0, 0.1) is 0 Å². The van der Waals surface area contributed by atoms with Crippen LogP contribution in [0.15, 0.2) is 20.0 Å². The van der Waals surface area contributed by atoms with Gasteiger partial charge in [0.25, 0.3) is 0 Å². The Hall–Kier alpha value is -7.44. The monoisotopic (exact) mass is 1270 g/mol. The lowest BCUT2D eigenvalue weighted by atomic mass is 9.96. The zero-order valence-electron chi connectivity index (χ0n) is 53.4. The van der Waals surface area contributed by atoms with Crippen molar-refractivity contribution in [3.63, 3.8) is 0 Å². The highest BCUT2D eigenvalue weighted by Gasteiger charge is 2.43. The number of nitrogens with one attached hydrogen (secondary N) is 4. The van der Waals surface area contributed by atoms with Gasteiger partial charge in [0.2, 0.25) is 47.2 Å². The van der Waals surface area contributed by atoms with Crippen LogP contribution in [0.25, 0.3) is 0 Å². The van der Waals surface area contributed by atoms with Crippen LogP contribution in [0.3, 0.4) is 0 Å². The molecule has 0 fully saturated rings. The van der Waals surface area contributed by atoms with E-state index < -0.39 is 117 Å². The van der Waals surface area contributed by atoms with Crippen LogP contribution in [-0.4, -0.2) is 192 Å². The number of Topliss-reactive ketones (excluding diaryl/α,β-unsaturated/α-hetero) is 2. The first-order valence-electron chi connectivity index (χ1n) is 26.1. The van der Waals surface area contributed by atoms with Crippen molar-refractivity contribution in [1.82, 2.24) is 21.3 Å². The van der Waals surface area contributed by atoms with E-state index in [-0.39, 0.29) is 77.7 Å². The van der Waals surface area contributed by atoms with Gasteiger partial charge in [-0.2, -0.15) is 0 Å². The topological polar surface area (TPSA) is 450 Å². The number of nitrogens with zero attached hydrogens (tertiary/aromatic N) is 4. The molecule has 0 saturated carbocycles. The van der Waals surface area contributed by atoms with Gasteiger partial charge in [-0.05, 0) is 125 Å². The van der Waals surface area contributed by atoms with Gasteiger partial charge >= 0.3 is 35.8 Å². The molecule has 0 aromatic rings. The molecule has 0 saturated heterocycles. The summed E-state index contributed by atoms with van der Waals surface area (Å²) >= 11 is 0. The average Bonchev–Trinajstić information content (AvgIpc) is 4.01. The molecule has 10 N–H and O–H groups in total. The predicted molar refractivity (Wildman–Crippen MR) is 336 cm³/mol. The summed E-state index contributed by atoms with van der Waals surface area (Å²) in [5, 5.41) is 23.8. The third-order valence-corrected chi connectivity index (χ3v) is 10.9. The first kappa shape index (κ1) is 96.9. The predicted octanol–water partition coefficient (Wildman–Crippen LogP) is 3.24. The molecule has 88 heavy (non-hydrogen) atoms. The summed E-state index contributed by atoms with van der Waals surface area (Å²) in [5.41, 5.74) is 1.04. The maximum absolute atomic E-state index is 11.8. The number of rotatable bonds is 18. The van der Waals surface area contributed by atoms with Crippen molar-refractivity contribution in [2.24, 2.45) is 31.4 Å². The molecule has 30 heteroatoms. The largest absolute Gasteiger partial charge is 0.467 e. The number of cyclic esters (lactones) is 4. The number of nitrogens with two attached hydrogens (primary N) is 2. The van der Waals surface area contributed by atoms with E-state index in [2.05, 4.69) is 62.2 Å². The summed E-state index contributed by atoms with van der Waals surface area (Å²) in [6, 6.07) is 0. The Labute approximate surface area is 521 Å². The van der Waals surface area contributed by atoms with E-state index in [4.69, 9.17) is 29.2 Å². The molecule has 4 amide bonds. The number of carbonyl (C=O) groups excluding carboxylic acids is 12. The highest BCUT2D eigenvalue weighted by atomic mass is 16.6. The van der Waals surface area contributed by atoms with Crippen LogP contribution in [-0.2, 0) is 86.0 Å². The normalized spacial score (nSPS) is 15.5. The number of methoxy groups -OCH3 is 2. The summed E-state index contributed by atoms with van der Waals surface area (Å²) in [5.74, 6) is -4.57. The van der Waals surface area contributed by atoms with E-state index in [1.54, 1.807) is 96.9 Å². The third kappa shape index (κ3) is 32.5. The van der Waals surface area contributed by atoms with E-state index >= 15 is 0 Å². The molecule has 0 aliphatic carbocycles. The number of amides is 4. The second-order valence-corrected chi connectivity index (χ2v) is 21.8. The number of carbonyl (C=O) groups is 12. The van der Waals surface area contributed by atoms with Gasteiger partial charge in [-0.3, -0.25) is 28.8 Å². The fraction of sp³-hybridized carbons (Fsp3) is 0.724. The summed E-state index contributed by atoms with van der Waals surface area (Å²) in [6.07, 6.45) is -0.0780. The van der Waals surface area contributed by atoms with Crippen molar-refractivity contribution in [3.05, 3.63) is 0 Å². The minimum Gasteiger partial charge on any atom is -0.467 e. The molecule has 0 bridgehead atoms. The number of aliphatic hydroxyl groups is 2. The zero-order chi connectivity index (χ0) is 67.4. The molecule has 0 aromatic heterocycles. The van der Waals surface area contributed by atoms with Gasteiger partial charge < -0.3 is 71.4 Å². The lowest BCUT2D eigenvalue weighted by molar-refractivity contribution is -0.151. The molecule has 0 spiro atoms. The van der Waals surface area contributed by atoms with E-state index in [9.17, 15) is 57.5 Å². The zero-order valence-corrected chi connectivity index (χ0v) is 53.4. The van der Waals surface area contributed by atoms with Crippen molar-refractivity contribution >= 4 is 94.6 Å². The van der Waals surface area contributed by atoms with Crippen LogP contribution < -0.4 is 32.7 Å². The van der Waals surface area contributed by atoms with E-state index in [1.807, 2.05) is 0 Å². The second-order valence-electron chi connectivity index (χ2n) is 21.8. The van der Waals surface area contributed by atoms with Crippen molar-refractivity contribution in [2.75, 3.05) is 42.5 Å². The fourth-order valence-electron chi connectivity index (χ4n) is 6.51. The van der Waals surface area contributed by atoms with Gasteiger partial charge in [-0.1, -0.05) is 43.6 Å². The van der Waals surface area contributed by atoms with Crippen molar-refractivity contribution in [3.8, 4) is 0 Å². The first-order valence-corrected chi connectivity index (χ1v) is 26.1. The van der Waals surface area contributed by atoms with E-state index in [0.717, 1.165) is 14.2 Å². The quantitative estimate of drug-likeness (QED) is 0.0554. The molecular formula is C58H110N10O20. The van der Waals surface area contributed by atoms with Crippen molar-refractivity contribution in [1.29, 1.82) is 0 Å². The lowest BCUT2D eigenvalue weighted by Crippen LogP contribution is -2.54. The Bertz CT molecular complexity index is 2160. The molecule has 4 heterocycles. The molecule has 4 aliphatic heterocycles. The highest BCUT2D eigenvalue weighted by Crippen LogP contribution is 2.26. The standard InChI is InChI=1S/C15H26N2O4.C13H22N2O6.2C11H14N2O4.2CH5N.2CH4O.4CH4/c1-7-10(18)14(3,4)16-12(20)9-13(21)17-15(5,6)11(19)8-2;1-12(2,10(18)20-5)14-8(16)7-9(17)15-13(3,4)11(19)21-6;2*1-10(2)8(14)16-6(12-10)5-7-13-11(3,4)9(15)17-7;4*1-2;;;;/h7-9H2,1-6H3,(H,16,20)(H,17,21);7H2,1-6H3,(H,14,16)(H,15,17);2*5H2,1-4H3;2*2H2,1H3;2*2H,1H3;4*1H4. The number of ketones is 2. The number of hydrogen-bond donors (Lipinski definition) is 8. The molecule has 0 atom stereocenters. The highest BCUT2D eigenvalue weighted by molar-refractivity contribution is 6.12. The molecule has 0 aromatic carbocycles. The fourth-order valence-corrected chi connectivity index (χ4v) is 6.51. The molecule has 512 valence electrons. The Kier molecular flexibility index (Phi) is 45.9. The number of ether oxygens (including phenoxy) is 6. The Morgan fingerprint density at radius 3 is 0.716 bits per heavy atom. The minimum atomic E-state index is -1.25. The second kappa shape index (κ2) is 41.7. The first-order chi connectivity index (χ1) is 38.3. The van der Waals surface area contributed by atoms with Crippen LogP contribution >= 0.6 is 0 Å². The average molecular weight is 1270 g/mol. The van der Waals surface area contributed by atoms with E-state index in [0.29, 0.717) is 12.8 Å². The summed E-state index contributed by atoms with van der Waals surface area (Å²) in [6.45, 7) is 28.9. The van der Waals surface area contributed by atoms with Crippen LogP contribution in [0.4, 0.5) is 0 Å². The molecule has 4 aliphatic rings. The molecule has 0 unspecified atom stereocenters. The Balaban J connectivity index is -0.000000153. The van der Waals surface area contributed by atoms with Gasteiger partial charge in [0, 0.05) is 27.1 Å². The van der Waals surface area contributed by atoms with Gasteiger partial charge in [0.15, 0.2) is 33.7 Å². The third-order valence-electron chi connectivity index (χ3n) is 10.9. The van der Waals surface area contributed by atoms with E-state index in [1.165, 1.54) is 56.0 Å². The summed E-state index contributed by atoms with van der Waals surface area (Å²) in [4.78, 5) is 155. The van der Waals surface area contributed by atoms with Crippen LogP contribution in [0.2, 0.25) is 0 Å². The number of aliphatic imine (C=N–C) groups is 4. The lowest BCUT2D eigenvalue weighted by Gasteiger charge is -2.26. The van der Waals surface area contributed by atoms with Crippen LogP contribution in [0.1, 0.15) is 193 Å². The van der Waals surface area contributed by atoms with Crippen molar-refractivity contribution < 1.29 is 96.2 Å². The maximum Gasteiger partial charge on any atom is 0.340 e. The maximum atomic E-state index is 11.8.